The van der Waals surface area contributed by atoms with E-state index < -0.39 is 0 Å². The molecule has 98 valence electrons. The van der Waals surface area contributed by atoms with Crippen LogP contribution in [0.5, 0.6) is 0 Å². The van der Waals surface area contributed by atoms with E-state index >= 15 is 0 Å². The first-order valence-electron chi connectivity index (χ1n) is 6.30. The molecular weight excluding hydrogens is 233 g/mol. The fraction of sp³-hybridized carbons (Fsp3) is 0.500. The summed E-state index contributed by atoms with van der Waals surface area (Å²) in [7, 11) is 0. The summed E-state index contributed by atoms with van der Waals surface area (Å²) in [5.74, 6) is -0.337. The molecule has 1 heterocycles. The molecule has 1 aromatic carbocycles. The summed E-state index contributed by atoms with van der Waals surface area (Å²) in [4.78, 5) is 11.8. The van der Waals surface area contributed by atoms with Gasteiger partial charge in [0.15, 0.2) is 0 Å². The number of rotatable bonds is 4. The third-order valence-corrected chi connectivity index (χ3v) is 3.19. The van der Waals surface area contributed by atoms with Gasteiger partial charge in [0.25, 0.3) is 0 Å². The molecule has 1 N–H and O–H groups in total. The lowest BCUT2D eigenvalue weighted by Crippen LogP contribution is -2.41. The predicted octanol–water partition coefficient (Wildman–Crippen LogP) is 2.05. The summed E-state index contributed by atoms with van der Waals surface area (Å²) in [5, 5.41) is 2.93. The van der Waals surface area contributed by atoms with Crippen molar-refractivity contribution in [3.8, 4) is 0 Å². The lowest BCUT2D eigenvalue weighted by molar-refractivity contribution is -0.121. The molecule has 18 heavy (non-hydrogen) atoms. The van der Waals surface area contributed by atoms with Crippen molar-refractivity contribution in [3.63, 3.8) is 0 Å². The van der Waals surface area contributed by atoms with Crippen molar-refractivity contribution < 1.29 is 13.9 Å². The number of amides is 1. The zero-order chi connectivity index (χ0) is 13.0. The topological polar surface area (TPSA) is 38.3 Å². The van der Waals surface area contributed by atoms with Crippen LogP contribution in [0.15, 0.2) is 24.3 Å². The SMILES string of the molecule is C[C@@H](NC(=O)Cc1ccc(F)cc1)[C@@H]1CCCO1. The Morgan fingerprint density at radius 3 is 2.83 bits per heavy atom. The van der Waals surface area contributed by atoms with Crippen molar-refractivity contribution >= 4 is 5.91 Å². The van der Waals surface area contributed by atoms with Crippen LogP contribution in [-0.4, -0.2) is 24.7 Å². The van der Waals surface area contributed by atoms with E-state index in [-0.39, 0.29) is 30.3 Å². The minimum Gasteiger partial charge on any atom is -0.376 e. The molecule has 0 aliphatic carbocycles. The van der Waals surface area contributed by atoms with Crippen molar-refractivity contribution in [1.82, 2.24) is 5.32 Å². The lowest BCUT2D eigenvalue weighted by atomic mass is 10.1. The maximum atomic E-state index is 12.7. The van der Waals surface area contributed by atoms with Crippen molar-refractivity contribution in [2.45, 2.75) is 38.3 Å². The normalized spacial score (nSPS) is 20.7. The Morgan fingerprint density at radius 1 is 1.50 bits per heavy atom. The minimum absolute atomic E-state index is 0.0282. The van der Waals surface area contributed by atoms with Gasteiger partial charge in [-0.3, -0.25) is 4.79 Å². The van der Waals surface area contributed by atoms with Gasteiger partial charge >= 0.3 is 0 Å². The van der Waals surface area contributed by atoms with Gasteiger partial charge in [-0.15, -0.1) is 0 Å². The fourth-order valence-electron chi connectivity index (χ4n) is 2.18. The Kier molecular flexibility index (Phi) is 4.31. The highest BCUT2D eigenvalue weighted by molar-refractivity contribution is 5.78. The second-order valence-electron chi connectivity index (χ2n) is 4.71. The molecule has 4 heteroatoms. The second-order valence-corrected chi connectivity index (χ2v) is 4.71. The Labute approximate surface area is 106 Å². The Balaban J connectivity index is 1.82. The molecule has 1 aliphatic rings. The number of nitrogens with one attached hydrogen (secondary N) is 1. The second kappa shape index (κ2) is 5.96. The molecule has 3 nitrogen and oxygen atoms in total. The fourth-order valence-corrected chi connectivity index (χ4v) is 2.18. The van der Waals surface area contributed by atoms with Crippen LogP contribution in [0.1, 0.15) is 25.3 Å². The molecule has 2 atom stereocenters. The van der Waals surface area contributed by atoms with Gasteiger partial charge in [-0.2, -0.15) is 0 Å². The van der Waals surface area contributed by atoms with Crippen molar-refractivity contribution in [1.29, 1.82) is 0 Å². The van der Waals surface area contributed by atoms with Gasteiger partial charge in [0.2, 0.25) is 5.91 Å². The van der Waals surface area contributed by atoms with E-state index in [1.165, 1.54) is 12.1 Å². The molecule has 1 amide bonds. The zero-order valence-electron chi connectivity index (χ0n) is 10.5. The maximum absolute atomic E-state index is 12.7. The molecular formula is C14H18FNO2. The van der Waals surface area contributed by atoms with Crippen LogP contribution < -0.4 is 5.32 Å². The van der Waals surface area contributed by atoms with Gasteiger partial charge in [-0.1, -0.05) is 12.1 Å². The number of benzene rings is 1. The standard InChI is InChI=1S/C14H18FNO2/c1-10(13-3-2-8-18-13)16-14(17)9-11-4-6-12(15)7-5-11/h4-7,10,13H,2-3,8-9H2,1H3,(H,16,17)/t10-,13+/m1/s1. The van der Waals surface area contributed by atoms with E-state index in [4.69, 9.17) is 4.74 Å². The largest absolute Gasteiger partial charge is 0.376 e. The molecule has 1 fully saturated rings. The molecule has 0 saturated carbocycles. The monoisotopic (exact) mass is 251 g/mol. The summed E-state index contributed by atoms with van der Waals surface area (Å²) in [6, 6.07) is 6.02. The van der Waals surface area contributed by atoms with Crippen LogP contribution in [0.3, 0.4) is 0 Å². The smallest absolute Gasteiger partial charge is 0.224 e. The molecule has 0 bridgehead atoms. The lowest BCUT2D eigenvalue weighted by Gasteiger charge is -2.19. The molecule has 0 spiro atoms. The molecule has 0 unspecified atom stereocenters. The quantitative estimate of drug-likeness (QED) is 0.889. The molecule has 1 saturated heterocycles. The highest BCUT2D eigenvalue weighted by Gasteiger charge is 2.23. The van der Waals surface area contributed by atoms with Crippen LogP contribution in [0.25, 0.3) is 0 Å². The summed E-state index contributed by atoms with van der Waals surface area (Å²) >= 11 is 0. The minimum atomic E-state index is -0.285. The van der Waals surface area contributed by atoms with Gasteiger partial charge in [0.1, 0.15) is 5.82 Å². The molecule has 0 aromatic heterocycles. The maximum Gasteiger partial charge on any atom is 0.224 e. The Hall–Kier alpha value is -1.42. The first-order valence-corrected chi connectivity index (χ1v) is 6.30. The number of hydrogen-bond acceptors (Lipinski definition) is 2. The Morgan fingerprint density at radius 2 is 2.22 bits per heavy atom. The highest BCUT2D eigenvalue weighted by atomic mass is 19.1. The van der Waals surface area contributed by atoms with Gasteiger partial charge in [-0.25, -0.2) is 4.39 Å². The first kappa shape index (κ1) is 13.0. The van der Waals surface area contributed by atoms with Crippen LogP contribution in [-0.2, 0) is 16.0 Å². The molecule has 2 rings (SSSR count). The van der Waals surface area contributed by atoms with Gasteiger partial charge < -0.3 is 10.1 Å². The summed E-state index contributed by atoms with van der Waals surface area (Å²) < 4.78 is 18.2. The van der Waals surface area contributed by atoms with E-state index in [1.807, 2.05) is 6.92 Å². The average molecular weight is 251 g/mol. The van der Waals surface area contributed by atoms with Gasteiger partial charge in [0.05, 0.1) is 18.6 Å². The third kappa shape index (κ3) is 3.53. The number of carbonyl (C=O) groups is 1. The van der Waals surface area contributed by atoms with E-state index in [9.17, 15) is 9.18 Å². The zero-order valence-corrected chi connectivity index (χ0v) is 10.5. The molecule has 0 radical (unpaired) electrons. The number of ether oxygens (including phenoxy) is 1. The summed E-state index contributed by atoms with van der Waals surface area (Å²) in [5.41, 5.74) is 0.813. The number of hydrogen-bond donors (Lipinski definition) is 1. The van der Waals surface area contributed by atoms with E-state index in [0.717, 1.165) is 25.0 Å². The number of halogens is 1. The van der Waals surface area contributed by atoms with Gasteiger partial charge in [0, 0.05) is 6.61 Å². The predicted molar refractivity (Wildman–Crippen MR) is 66.7 cm³/mol. The third-order valence-electron chi connectivity index (χ3n) is 3.19. The van der Waals surface area contributed by atoms with Crippen LogP contribution in [0.4, 0.5) is 4.39 Å². The first-order chi connectivity index (χ1) is 8.65. The van der Waals surface area contributed by atoms with E-state index in [2.05, 4.69) is 5.32 Å². The highest BCUT2D eigenvalue weighted by Crippen LogP contribution is 2.15. The van der Waals surface area contributed by atoms with Crippen LogP contribution in [0, 0.1) is 5.82 Å². The molecule has 1 aliphatic heterocycles. The van der Waals surface area contributed by atoms with Crippen molar-refractivity contribution in [2.24, 2.45) is 0 Å². The number of carbonyl (C=O) groups excluding carboxylic acids is 1. The van der Waals surface area contributed by atoms with E-state index in [0.29, 0.717) is 0 Å². The van der Waals surface area contributed by atoms with Crippen LogP contribution >= 0.6 is 0 Å². The summed E-state index contributed by atoms with van der Waals surface area (Å²) in [6.45, 7) is 2.74. The van der Waals surface area contributed by atoms with Crippen molar-refractivity contribution in [3.05, 3.63) is 35.6 Å². The van der Waals surface area contributed by atoms with Crippen molar-refractivity contribution in [2.75, 3.05) is 6.61 Å². The van der Waals surface area contributed by atoms with Gasteiger partial charge in [-0.05, 0) is 37.5 Å². The average Bonchev–Trinajstić information content (AvgIpc) is 2.85. The summed E-state index contributed by atoms with van der Waals surface area (Å²) in [6.07, 6.45) is 2.46. The molecule has 1 aromatic rings. The van der Waals surface area contributed by atoms with Crippen LogP contribution in [0.2, 0.25) is 0 Å². The Bertz CT molecular complexity index is 399. The van der Waals surface area contributed by atoms with E-state index in [1.54, 1.807) is 12.1 Å².